The molecule has 0 aromatic carbocycles. The lowest BCUT2D eigenvalue weighted by molar-refractivity contribution is 0.0355. The van der Waals surface area contributed by atoms with Gasteiger partial charge in [-0.2, -0.15) is 0 Å². The molecular weight excluding hydrogens is 174 g/mol. The van der Waals surface area contributed by atoms with Crippen molar-refractivity contribution in [1.29, 1.82) is 0 Å². The summed E-state index contributed by atoms with van der Waals surface area (Å²) in [4.78, 5) is 0. The number of nitrogens with two attached hydrogens (primary N) is 1. The molecule has 2 N–H and O–H groups in total. The van der Waals surface area contributed by atoms with Gasteiger partial charge in [-0.1, -0.05) is 26.7 Å². The van der Waals surface area contributed by atoms with Gasteiger partial charge in [0.1, 0.15) is 0 Å². The van der Waals surface area contributed by atoms with E-state index in [1.165, 1.54) is 19.3 Å². The molecule has 1 fully saturated rings. The van der Waals surface area contributed by atoms with Crippen molar-refractivity contribution in [2.75, 3.05) is 0 Å². The molecule has 0 bridgehead atoms. The fraction of sp³-hybridized carbons (Fsp3) is 1.00. The summed E-state index contributed by atoms with van der Waals surface area (Å²) < 4.78 is 5.78. The van der Waals surface area contributed by atoms with E-state index in [4.69, 9.17) is 10.5 Å². The molecule has 14 heavy (non-hydrogen) atoms. The van der Waals surface area contributed by atoms with E-state index >= 15 is 0 Å². The molecule has 1 saturated heterocycles. The van der Waals surface area contributed by atoms with Crippen molar-refractivity contribution in [1.82, 2.24) is 0 Å². The van der Waals surface area contributed by atoms with Crippen LogP contribution in [0.5, 0.6) is 0 Å². The fourth-order valence-corrected chi connectivity index (χ4v) is 2.38. The van der Waals surface area contributed by atoms with Crippen LogP contribution < -0.4 is 5.73 Å². The Balaban J connectivity index is 2.23. The molecule has 4 unspecified atom stereocenters. The van der Waals surface area contributed by atoms with Crippen LogP contribution in [0.2, 0.25) is 0 Å². The molecule has 0 radical (unpaired) electrons. The summed E-state index contributed by atoms with van der Waals surface area (Å²) in [6.07, 6.45) is 6.75. The summed E-state index contributed by atoms with van der Waals surface area (Å²) in [7, 11) is 0. The zero-order valence-electron chi connectivity index (χ0n) is 9.83. The van der Waals surface area contributed by atoms with Crippen molar-refractivity contribution < 1.29 is 4.74 Å². The third-order valence-corrected chi connectivity index (χ3v) is 3.20. The van der Waals surface area contributed by atoms with Gasteiger partial charge in [0.25, 0.3) is 0 Å². The number of hydrogen-bond donors (Lipinski definition) is 1. The molecule has 1 aliphatic rings. The molecule has 84 valence electrons. The lowest BCUT2D eigenvalue weighted by atomic mass is 9.94. The van der Waals surface area contributed by atoms with Crippen molar-refractivity contribution in [2.45, 2.75) is 71.1 Å². The standard InChI is InChI=1S/C12H25NO/c1-4-5-9(2)8-11(13)12-7-6-10(3)14-12/h9-12H,4-8,13H2,1-3H3. The predicted molar refractivity (Wildman–Crippen MR) is 60.2 cm³/mol. The Labute approximate surface area is 88.2 Å². The number of hydrogen-bond acceptors (Lipinski definition) is 2. The van der Waals surface area contributed by atoms with Gasteiger partial charge in [-0.3, -0.25) is 0 Å². The first-order chi connectivity index (χ1) is 6.63. The Kier molecular flexibility index (Phi) is 4.90. The van der Waals surface area contributed by atoms with Gasteiger partial charge in [-0.05, 0) is 32.1 Å². The van der Waals surface area contributed by atoms with Crippen LogP contribution in [0.1, 0.15) is 52.9 Å². The van der Waals surface area contributed by atoms with Crippen LogP contribution in [-0.4, -0.2) is 18.2 Å². The summed E-state index contributed by atoms with van der Waals surface area (Å²) in [5.74, 6) is 0.745. The van der Waals surface area contributed by atoms with Crippen LogP contribution >= 0.6 is 0 Å². The number of ether oxygens (including phenoxy) is 1. The first-order valence-corrected chi connectivity index (χ1v) is 6.04. The van der Waals surface area contributed by atoms with Gasteiger partial charge >= 0.3 is 0 Å². The van der Waals surface area contributed by atoms with Gasteiger partial charge in [0.05, 0.1) is 12.2 Å². The van der Waals surface area contributed by atoms with E-state index < -0.39 is 0 Å². The average Bonchev–Trinajstić information content (AvgIpc) is 2.52. The summed E-state index contributed by atoms with van der Waals surface area (Å²) in [5.41, 5.74) is 6.15. The molecule has 2 nitrogen and oxygen atoms in total. The SMILES string of the molecule is CCCC(C)CC(N)C1CCC(C)O1. The van der Waals surface area contributed by atoms with Crippen molar-refractivity contribution >= 4 is 0 Å². The largest absolute Gasteiger partial charge is 0.374 e. The molecule has 0 aliphatic carbocycles. The topological polar surface area (TPSA) is 35.2 Å². The highest BCUT2D eigenvalue weighted by molar-refractivity contribution is 4.81. The lowest BCUT2D eigenvalue weighted by Gasteiger charge is -2.22. The van der Waals surface area contributed by atoms with Gasteiger partial charge < -0.3 is 10.5 Å². The second-order valence-electron chi connectivity index (χ2n) is 4.86. The van der Waals surface area contributed by atoms with E-state index in [2.05, 4.69) is 20.8 Å². The molecule has 2 heteroatoms. The van der Waals surface area contributed by atoms with Crippen LogP contribution in [0.4, 0.5) is 0 Å². The molecule has 0 saturated carbocycles. The van der Waals surface area contributed by atoms with Crippen molar-refractivity contribution in [3.8, 4) is 0 Å². The maximum absolute atomic E-state index is 6.15. The van der Waals surface area contributed by atoms with E-state index in [1.807, 2.05) is 0 Å². The fourth-order valence-electron chi connectivity index (χ4n) is 2.38. The highest BCUT2D eigenvalue weighted by Gasteiger charge is 2.27. The van der Waals surface area contributed by atoms with Crippen LogP contribution in [0, 0.1) is 5.92 Å². The quantitative estimate of drug-likeness (QED) is 0.739. The van der Waals surface area contributed by atoms with E-state index in [-0.39, 0.29) is 6.04 Å². The average molecular weight is 199 g/mol. The minimum absolute atomic E-state index is 0.251. The van der Waals surface area contributed by atoms with Crippen molar-refractivity contribution in [3.63, 3.8) is 0 Å². The third-order valence-electron chi connectivity index (χ3n) is 3.20. The first-order valence-electron chi connectivity index (χ1n) is 6.04. The highest BCUT2D eigenvalue weighted by Crippen LogP contribution is 2.24. The van der Waals surface area contributed by atoms with Crippen LogP contribution in [0.25, 0.3) is 0 Å². The number of rotatable bonds is 5. The molecule has 0 spiro atoms. The summed E-state index contributed by atoms with van der Waals surface area (Å²) >= 11 is 0. The molecule has 0 aromatic heterocycles. The van der Waals surface area contributed by atoms with Crippen LogP contribution in [0.15, 0.2) is 0 Å². The van der Waals surface area contributed by atoms with Gasteiger partial charge in [0, 0.05) is 6.04 Å². The van der Waals surface area contributed by atoms with Gasteiger partial charge in [-0.15, -0.1) is 0 Å². The Morgan fingerprint density at radius 2 is 2.14 bits per heavy atom. The Hall–Kier alpha value is -0.0800. The van der Waals surface area contributed by atoms with Gasteiger partial charge in [0.15, 0.2) is 0 Å². The van der Waals surface area contributed by atoms with Crippen LogP contribution in [-0.2, 0) is 4.74 Å². The summed E-state index contributed by atoms with van der Waals surface area (Å²) in [6.45, 7) is 6.67. The monoisotopic (exact) mass is 199 g/mol. The van der Waals surface area contributed by atoms with Crippen molar-refractivity contribution in [3.05, 3.63) is 0 Å². The zero-order valence-corrected chi connectivity index (χ0v) is 9.83. The minimum Gasteiger partial charge on any atom is -0.374 e. The minimum atomic E-state index is 0.251. The second-order valence-corrected chi connectivity index (χ2v) is 4.86. The molecule has 4 atom stereocenters. The van der Waals surface area contributed by atoms with E-state index in [9.17, 15) is 0 Å². The molecule has 0 amide bonds. The smallest absolute Gasteiger partial charge is 0.0730 e. The highest BCUT2D eigenvalue weighted by atomic mass is 16.5. The molecule has 0 aromatic rings. The first kappa shape index (κ1) is 12.0. The Bertz CT molecular complexity index is 160. The third kappa shape index (κ3) is 3.58. The van der Waals surface area contributed by atoms with E-state index in [0.717, 1.165) is 18.8 Å². The molecular formula is C12H25NO. The second kappa shape index (κ2) is 5.72. The predicted octanol–water partition coefficient (Wildman–Crippen LogP) is 2.71. The lowest BCUT2D eigenvalue weighted by Crippen LogP contribution is -2.36. The van der Waals surface area contributed by atoms with Gasteiger partial charge in [0.2, 0.25) is 0 Å². The molecule has 1 aliphatic heterocycles. The normalized spacial score (nSPS) is 31.7. The van der Waals surface area contributed by atoms with E-state index in [1.54, 1.807) is 0 Å². The van der Waals surface area contributed by atoms with E-state index in [0.29, 0.717) is 12.2 Å². The van der Waals surface area contributed by atoms with Gasteiger partial charge in [-0.25, -0.2) is 0 Å². The van der Waals surface area contributed by atoms with Crippen molar-refractivity contribution in [2.24, 2.45) is 11.7 Å². The maximum Gasteiger partial charge on any atom is 0.0730 e. The van der Waals surface area contributed by atoms with Crippen LogP contribution in [0.3, 0.4) is 0 Å². The Morgan fingerprint density at radius 3 is 2.64 bits per heavy atom. The zero-order chi connectivity index (χ0) is 10.6. The Morgan fingerprint density at radius 1 is 1.43 bits per heavy atom. The summed E-state index contributed by atoms with van der Waals surface area (Å²) in [6, 6.07) is 0.251. The molecule has 1 rings (SSSR count). The maximum atomic E-state index is 6.15. The summed E-state index contributed by atoms with van der Waals surface area (Å²) in [5, 5.41) is 0. The molecule has 1 heterocycles.